The number of aromatic hydroxyl groups is 1. The van der Waals surface area contributed by atoms with Gasteiger partial charge in [-0.2, -0.15) is 10.4 Å². The number of hydrazone groups is 1. The molecule has 0 fully saturated rings. The molecule has 3 aromatic carbocycles. The lowest BCUT2D eigenvalue weighted by Gasteiger charge is -2.16. The van der Waals surface area contributed by atoms with Crippen LogP contribution in [0.4, 0.5) is 0 Å². The average Bonchev–Trinajstić information content (AvgIpc) is 3.24. The predicted octanol–water partition coefficient (Wildman–Crippen LogP) is 4.59. The lowest BCUT2D eigenvalue weighted by atomic mass is 10.1. The highest BCUT2D eigenvalue weighted by Crippen LogP contribution is 2.26. The molecule has 0 aliphatic carbocycles. The van der Waals surface area contributed by atoms with Gasteiger partial charge in [0.2, 0.25) is 0 Å². The molecule has 6 nitrogen and oxygen atoms in total. The highest BCUT2D eigenvalue weighted by Gasteiger charge is 2.12. The summed E-state index contributed by atoms with van der Waals surface area (Å²) < 4.78 is 2.21. The van der Waals surface area contributed by atoms with E-state index < -0.39 is 5.91 Å². The summed E-state index contributed by atoms with van der Waals surface area (Å²) in [7, 11) is 0. The maximum atomic E-state index is 12.3. The number of nitriles is 1. The molecule has 1 amide bonds. The minimum absolute atomic E-state index is 0.0373. The number of hydrogen-bond acceptors (Lipinski definition) is 4. The van der Waals surface area contributed by atoms with Crippen LogP contribution in [0.3, 0.4) is 0 Å². The fraction of sp³-hybridized carbons (Fsp3) is 0.0800. The Labute approximate surface area is 179 Å². The molecule has 31 heavy (non-hydrogen) atoms. The summed E-state index contributed by atoms with van der Waals surface area (Å²) in [5, 5.41) is 23.7. The van der Waals surface area contributed by atoms with Crippen LogP contribution in [0, 0.1) is 11.3 Å². The number of nitrogens with zero attached hydrogens (tertiary/aromatic N) is 3. The van der Waals surface area contributed by atoms with Crippen molar-refractivity contribution in [3.63, 3.8) is 0 Å². The molecule has 4 aromatic rings. The van der Waals surface area contributed by atoms with Crippen LogP contribution in [-0.4, -0.2) is 21.8 Å². The van der Waals surface area contributed by atoms with E-state index >= 15 is 0 Å². The molecule has 2 N–H and O–H groups in total. The number of benzene rings is 3. The molecule has 1 unspecified atom stereocenters. The van der Waals surface area contributed by atoms with E-state index in [1.807, 2.05) is 42.5 Å². The van der Waals surface area contributed by atoms with Crippen LogP contribution in [0.2, 0.25) is 0 Å². The third-order valence-corrected chi connectivity index (χ3v) is 5.24. The van der Waals surface area contributed by atoms with Gasteiger partial charge in [-0.25, -0.2) is 5.43 Å². The summed E-state index contributed by atoms with van der Waals surface area (Å²) >= 11 is 0. The zero-order chi connectivity index (χ0) is 21.8. The Morgan fingerprint density at radius 2 is 1.94 bits per heavy atom. The lowest BCUT2D eigenvalue weighted by molar-refractivity contribution is 0.0955. The minimum Gasteiger partial charge on any atom is -0.507 e. The van der Waals surface area contributed by atoms with E-state index in [0.29, 0.717) is 0 Å². The lowest BCUT2D eigenvalue weighted by Crippen LogP contribution is -2.17. The molecule has 0 aliphatic rings. The first-order valence-corrected chi connectivity index (χ1v) is 9.79. The van der Waals surface area contributed by atoms with Crippen LogP contribution in [0.25, 0.3) is 10.9 Å². The number of phenolic OH excluding ortho intramolecular Hbond substituents is 1. The van der Waals surface area contributed by atoms with Crippen LogP contribution in [-0.2, 0) is 0 Å². The second-order valence-electron chi connectivity index (χ2n) is 7.13. The van der Waals surface area contributed by atoms with Gasteiger partial charge in [-0.15, -0.1) is 0 Å². The van der Waals surface area contributed by atoms with Crippen LogP contribution in [0.1, 0.15) is 40.0 Å². The molecule has 0 radical (unpaired) electrons. The van der Waals surface area contributed by atoms with Gasteiger partial charge in [0, 0.05) is 28.2 Å². The quantitative estimate of drug-likeness (QED) is 0.374. The summed E-state index contributed by atoms with van der Waals surface area (Å²) in [6.07, 6.45) is 3.65. The van der Waals surface area contributed by atoms with Gasteiger partial charge in [0.15, 0.2) is 0 Å². The molecular weight excluding hydrogens is 388 g/mol. The van der Waals surface area contributed by atoms with Crippen LogP contribution < -0.4 is 5.43 Å². The van der Waals surface area contributed by atoms with E-state index in [-0.39, 0.29) is 22.9 Å². The predicted molar refractivity (Wildman–Crippen MR) is 120 cm³/mol. The van der Waals surface area contributed by atoms with Gasteiger partial charge >= 0.3 is 0 Å². The van der Waals surface area contributed by atoms with Gasteiger partial charge in [0.25, 0.3) is 5.91 Å². The van der Waals surface area contributed by atoms with E-state index in [1.54, 1.807) is 6.21 Å². The summed E-state index contributed by atoms with van der Waals surface area (Å²) in [6, 6.07) is 24.4. The number of fused-ring (bicyclic) bond motifs is 1. The Morgan fingerprint density at radius 3 is 2.71 bits per heavy atom. The first-order chi connectivity index (χ1) is 15.1. The minimum atomic E-state index is -0.463. The molecule has 4 rings (SSSR count). The molecule has 0 bridgehead atoms. The largest absolute Gasteiger partial charge is 0.507 e. The Morgan fingerprint density at radius 1 is 1.13 bits per heavy atom. The Balaban J connectivity index is 1.55. The number of phenols is 1. The molecule has 0 aliphatic heterocycles. The van der Waals surface area contributed by atoms with Gasteiger partial charge < -0.3 is 9.67 Å². The fourth-order valence-corrected chi connectivity index (χ4v) is 3.55. The molecular formula is C25H20N4O2. The van der Waals surface area contributed by atoms with Crippen LogP contribution >= 0.6 is 0 Å². The Kier molecular flexibility index (Phi) is 5.50. The van der Waals surface area contributed by atoms with E-state index in [4.69, 9.17) is 5.26 Å². The number of hydrogen-bond donors (Lipinski definition) is 2. The first-order valence-electron chi connectivity index (χ1n) is 9.79. The number of amides is 1. The summed E-state index contributed by atoms with van der Waals surface area (Å²) in [5.41, 5.74) is 5.92. The monoisotopic (exact) mass is 408 g/mol. The number of carbonyl (C=O) groups excluding carboxylic acids is 1. The van der Waals surface area contributed by atoms with E-state index in [1.165, 1.54) is 23.8 Å². The van der Waals surface area contributed by atoms with Crippen LogP contribution in [0.5, 0.6) is 5.75 Å². The molecule has 1 heterocycles. The van der Waals surface area contributed by atoms with Gasteiger partial charge in [-0.05, 0) is 42.8 Å². The maximum absolute atomic E-state index is 12.3. The summed E-state index contributed by atoms with van der Waals surface area (Å²) in [5.74, 6) is -0.626. The molecule has 1 atom stereocenters. The third kappa shape index (κ3) is 4.02. The summed E-state index contributed by atoms with van der Waals surface area (Å²) in [4.78, 5) is 12.3. The molecule has 152 valence electrons. The topological polar surface area (TPSA) is 90.4 Å². The van der Waals surface area contributed by atoms with Crippen molar-refractivity contribution >= 4 is 23.0 Å². The van der Waals surface area contributed by atoms with Crippen LogP contribution in [0.15, 0.2) is 84.1 Å². The van der Waals surface area contributed by atoms with E-state index in [2.05, 4.69) is 46.4 Å². The van der Waals surface area contributed by atoms with E-state index in [0.717, 1.165) is 16.5 Å². The average molecular weight is 408 g/mol. The molecule has 1 aromatic heterocycles. The van der Waals surface area contributed by atoms with Crippen molar-refractivity contribution in [1.29, 1.82) is 5.26 Å². The van der Waals surface area contributed by atoms with Crippen molar-refractivity contribution in [2.24, 2.45) is 5.10 Å². The smallest absolute Gasteiger partial charge is 0.271 e. The van der Waals surface area contributed by atoms with Crippen molar-refractivity contribution in [3.8, 4) is 11.8 Å². The second kappa shape index (κ2) is 8.56. The molecule has 0 saturated carbocycles. The normalized spacial score (nSPS) is 12.0. The van der Waals surface area contributed by atoms with Crippen molar-refractivity contribution in [1.82, 2.24) is 9.99 Å². The maximum Gasteiger partial charge on any atom is 0.271 e. The van der Waals surface area contributed by atoms with E-state index in [9.17, 15) is 9.90 Å². The van der Waals surface area contributed by atoms with Gasteiger partial charge in [-0.3, -0.25) is 4.79 Å². The highest BCUT2D eigenvalue weighted by atomic mass is 16.3. The number of carbonyl (C=O) groups is 1. The zero-order valence-corrected chi connectivity index (χ0v) is 16.9. The van der Waals surface area contributed by atoms with Crippen molar-refractivity contribution in [2.45, 2.75) is 13.0 Å². The fourth-order valence-electron chi connectivity index (χ4n) is 3.55. The van der Waals surface area contributed by atoms with Gasteiger partial charge in [-0.1, -0.05) is 42.5 Å². The van der Waals surface area contributed by atoms with Gasteiger partial charge in [0.05, 0.1) is 17.8 Å². The first kappa shape index (κ1) is 19.9. The number of nitrogens with one attached hydrogen (secondary N) is 1. The molecule has 6 heteroatoms. The zero-order valence-electron chi connectivity index (χ0n) is 16.9. The number of aromatic nitrogens is 1. The van der Waals surface area contributed by atoms with Crippen molar-refractivity contribution in [3.05, 3.63) is 101 Å². The van der Waals surface area contributed by atoms with Crippen molar-refractivity contribution < 1.29 is 9.90 Å². The Hall–Kier alpha value is -4.37. The summed E-state index contributed by atoms with van der Waals surface area (Å²) in [6.45, 7) is 2.16. The third-order valence-electron chi connectivity index (χ3n) is 5.24. The highest BCUT2D eigenvalue weighted by molar-refractivity contribution is 6.00. The molecule has 0 spiro atoms. The molecule has 0 saturated heterocycles. The second-order valence-corrected chi connectivity index (χ2v) is 7.13. The number of rotatable bonds is 5. The SMILES string of the molecule is CC(c1ccccc1)n1ccc2c(C=NNC(=O)c3ccc(O)c(C#N)c3)cccc21. The van der Waals surface area contributed by atoms with Gasteiger partial charge in [0.1, 0.15) is 11.8 Å². The standard InChI is InChI=1S/C25H20N4O2/c1-17(18-6-3-2-4-7-18)29-13-12-22-20(8-5-9-23(22)29)16-27-28-25(31)19-10-11-24(30)21(14-19)15-26/h2-14,16-17,30H,1H3,(H,28,31). The van der Waals surface area contributed by atoms with Crippen molar-refractivity contribution in [2.75, 3.05) is 0 Å². The Bertz CT molecular complexity index is 1320.